The largest absolute Gasteiger partial charge is 0.465 e. The molecule has 4 rings (SSSR count). The Labute approximate surface area is 251 Å². The van der Waals surface area contributed by atoms with Crippen molar-refractivity contribution in [1.29, 1.82) is 0 Å². The molecule has 42 heavy (non-hydrogen) atoms. The third-order valence-corrected chi connectivity index (χ3v) is 9.86. The molecular formula is C32H51N3O7. The molecule has 0 aromatic carbocycles. The zero-order valence-electron chi connectivity index (χ0n) is 25.6. The number of hydrogen-bond acceptors (Lipinski definition) is 8. The van der Waals surface area contributed by atoms with Gasteiger partial charge in [-0.2, -0.15) is 0 Å². The van der Waals surface area contributed by atoms with E-state index >= 15 is 0 Å². The number of unbranched alkanes of at least 4 members (excludes halogenated alkanes) is 4. The summed E-state index contributed by atoms with van der Waals surface area (Å²) in [5.41, 5.74) is -1.98. The molecule has 0 radical (unpaired) electrons. The van der Waals surface area contributed by atoms with Gasteiger partial charge >= 0.3 is 5.97 Å². The molecule has 4 saturated heterocycles. The quantitative estimate of drug-likeness (QED) is 0.157. The van der Waals surface area contributed by atoms with Crippen LogP contribution in [0.3, 0.4) is 0 Å². The molecule has 1 N–H and O–H groups in total. The van der Waals surface area contributed by atoms with E-state index in [4.69, 9.17) is 14.2 Å². The molecule has 0 aromatic heterocycles. The van der Waals surface area contributed by atoms with Gasteiger partial charge in [0.2, 0.25) is 11.8 Å². The fraction of sp³-hybridized carbons (Fsp3) is 0.781. The molecule has 0 aliphatic carbocycles. The van der Waals surface area contributed by atoms with Crippen molar-refractivity contribution in [2.24, 2.45) is 17.8 Å². The van der Waals surface area contributed by atoms with Crippen molar-refractivity contribution in [3.8, 4) is 0 Å². The second kappa shape index (κ2) is 14.5. The fourth-order valence-corrected chi connectivity index (χ4v) is 7.55. The number of rotatable bonds is 17. The van der Waals surface area contributed by atoms with Crippen molar-refractivity contribution in [3.63, 3.8) is 0 Å². The summed E-state index contributed by atoms with van der Waals surface area (Å²) in [6.07, 6.45) is 8.55. The number of allylic oxidation sites excluding steroid dienone is 1. The average molecular weight is 590 g/mol. The van der Waals surface area contributed by atoms with Gasteiger partial charge in [0.05, 0.1) is 31.3 Å². The van der Waals surface area contributed by atoms with Crippen molar-refractivity contribution in [3.05, 3.63) is 25.3 Å². The summed E-state index contributed by atoms with van der Waals surface area (Å²) < 4.78 is 18.1. The van der Waals surface area contributed by atoms with Crippen LogP contribution >= 0.6 is 0 Å². The molecule has 1 spiro atoms. The van der Waals surface area contributed by atoms with Crippen LogP contribution in [-0.2, 0) is 28.6 Å². The Bertz CT molecular complexity index is 985. The van der Waals surface area contributed by atoms with Crippen LogP contribution in [0, 0.1) is 17.8 Å². The average Bonchev–Trinajstić information content (AvgIpc) is 3.49. The lowest BCUT2D eigenvalue weighted by atomic mass is 9.62. The number of hydrogen-bond donors (Lipinski definition) is 1. The van der Waals surface area contributed by atoms with Gasteiger partial charge in [-0.15, -0.1) is 13.2 Å². The van der Waals surface area contributed by atoms with E-state index in [1.54, 1.807) is 15.9 Å². The Morgan fingerprint density at radius 3 is 2.57 bits per heavy atom. The number of ether oxygens (including phenoxy) is 3. The van der Waals surface area contributed by atoms with E-state index in [1.165, 1.54) is 0 Å². The molecule has 2 amide bonds. The highest BCUT2D eigenvalue weighted by molar-refractivity contribution is 5.98. The van der Waals surface area contributed by atoms with E-state index in [1.807, 2.05) is 19.9 Å². The van der Waals surface area contributed by atoms with Gasteiger partial charge < -0.3 is 29.1 Å². The van der Waals surface area contributed by atoms with Crippen molar-refractivity contribution < 1.29 is 33.7 Å². The van der Waals surface area contributed by atoms with Gasteiger partial charge in [0.1, 0.15) is 17.6 Å². The van der Waals surface area contributed by atoms with Crippen molar-refractivity contribution in [2.75, 3.05) is 65.7 Å². The third-order valence-electron chi connectivity index (χ3n) is 9.86. The van der Waals surface area contributed by atoms with Crippen LogP contribution in [-0.4, -0.2) is 121 Å². The highest BCUT2D eigenvalue weighted by Gasteiger charge is 2.80. The molecule has 236 valence electrons. The number of esters is 1. The number of amides is 2. The minimum atomic E-state index is -1.09. The molecule has 4 aliphatic rings. The Morgan fingerprint density at radius 1 is 1.12 bits per heavy atom. The van der Waals surface area contributed by atoms with E-state index in [9.17, 15) is 19.5 Å². The summed E-state index contributed by atoms with van der Waals surface area (Å²) in [4.78, 5) is 48.2. The van der Waals surface area contributed by atoms with E-state index in [0.29, 0.717) is 58.7 Å². The number of aliphatic hydroxyl groups excluding tert-OH is 1. The van der Waals surface area contributed by atoms with E-state index in [0.717, 1.165) is 38.8 Å². The summed E-state index contributed by atoms with van der Waals surface area (Å²) >= 11 is 0. The number of nitrogens with zero attached hydrogens (tertiary/aromatic N) is 3. The molecule has 4 heterocycles. The monoisotopic (exact) mass is 589 g/mol. The van der Waals surface area contributed by atoms with Gasteiger partial charge in [-0.25, -0.2) is 0 Å². The van der Waals surface area contributed by atoms with E-state index in [2.05, 4.69) is 18.1 Å². The Morgan fingerprint density at radius 2 is 1.88 bits per heavy atom. The molecule has 10 heteroatoms. The van der Waals surface area contributed by atoms with Gasteiger partial charge in [-0.1, -0.05) is 19.1 Å². The molecule has 4 fully saturated rings. The summed E-state index contributed by atoms with van der Waals surface area (Å²) in [5.74, 6) is -2.34. The number of carbonyl (C=O) groups excluding carboxylic acids is 3. The molecule has 10 nitrogen and oxygen atoms in total. The maximum absolute atomic E-state index is 14.5. The first-order valence-corrected chi connectivity index (χ1v) is 15.8. The number of fused-ring (bicyclic) bond motifs is 1. The lowest BCUT2D eigenvalue weighted by Crippen LogP contribution is -2.57. The lowest BCUT2D eigenvalue weighted by Gasteiger charge is -2.38. The molecule has 0 aromatic rings. The van der Waals surface area contributed by atoms with Gasteiger partial charge in [0, 0.05) is 45.9 Å². The molecule has 2 bridgehead atoms. The first-order chi connectivity index (χ1) is 20.2. The minimum Gasteiger partial charge on any atom is -0.465 e. The van der Waals surface area contributed by atoms with Crippen LogP contribution in [0.5, 0.6) is 0 Å². The first-order valence-electron chi connectivity index (χ1n) is 15.8. The predicted molar refractivity (Wildman–Crippen MR) is 158 cm³/mol. The zero-order valence-corrected chi connectivity index (χ0v) is 25.6. The standard InChI is InChI=1S/C32H51N3O7/c1-5-7-8-12-20-41-30(39)26-25-28(37)35(14-10-9-11-19-36)27(32(25)23-24(3)31(26,4)42-32)29(38)34(13-6-2)16-15-33-17-21-40-22-18-33/h5-6,24-27,36H,1-2,7-23H2,3-4H3/t24?,25-,26+,27?,31-,32?/m0/s1. The Hall–Kier alpha value is -2.27. The maximum Gasteiger partial charge on any atom is 0.312 e. The van der Waals surface area contributed by atoms with Crippen LogP contribution in [0.4, 0.5) is 0 Å². The molecular weight excluding hydrogens is 538 g/mol. The Balaban J connectivity index is 1.61. The number of aliphatic hydroxyl groups is 1. The van der Waals surface area contributed by atoms with Crippen molar-refractivity contribution in [2.45, 2.75) is 76.0 Å². The van der Waals surface area contributed by atoms with Crippen LogP contribution in [0.2, 0.25) is 0 Å². The smallest absolute Gasteiger partial charge is 0.312 e. The molecule has 6 atom stereocenters. The van der Waals surface area contributed by atoms with Gasteiger partial charge in [-0.05, 0) is 57.8 Å². The van der Waals surface area contributed by atoms with Crippen molar-refractivity contribution in [1.82, 2.24) is 14.7 Å². The second-order valence-electron chi connectivity index (χ2n) is 12.5. The predicted octanol–water partition coefficient (Wildman–Crippen LogP) is 2.41. The van der Waals surface area contributed by atoms with Gasteiger partial charge in [0.15, 0.2) is 0 Å². The lowest BCUT2D eigenvalue weighted by molar-refractivity contribution is -0.162. The fourth-order valence-electron chi connectivity index (χ4n) is 7.55. The summed E-state index contributed by atoms with van der Waals surface area (Å²) in [5, 5.41) is 9.30. The van der Waals surface area contributed by atoms with Gasteiger partial charge in [-0.3, -0.25) is 19.3 Å². The number of carbonyl (C=O) groups is 3. The normalized spacial score (nSPS) is 32.2. The molecule has 0 saturated carbocycles. The summed E-state index contributed by atoms with van der Waals surface area (Å²) in [6, 6.07) is -0.830. The highest BCUT2D eigenvalue weighted by Crippen LogP contribution is 2.65. The van der Waals surface area contributed by atoms with Crippen molar-refractivity contribution >= 4 is 17.8 Å². The van der Waals surface area contributed by atoms with Crippen LogP contribution in [0.25, 0.3) is 0 Å². The zero-order chi connectivity index (χ0) is 30.3. The highest BCUT2D eigenvalue weighted by atomic mass is 16.6. The molecule has 3 unspecified atom stereocenters. The van der Waals surface area contributed by atoms with Crippen LogP contribution in [0.1, 0.15) is 58.8 Å². The minimum absolute atomic E-state index is 0.0364. The van der Waals surface area contributed by atoms with Crippen LogP contribution < -0.4 is 0 Å². The molecule has 4 aliphatic heterocycles. The Kier molecular flexibility index (Phi) is 11.2. The second-order valence-corrected chi connectivity index (χ2v) is 12.5. The summed E-state index contributed by atoms with van der Waals surface area (Å²) in [7, 11) is 0. The maximum atomic E-state index is 14.5. The number of morpholine rings is 1. The third kappa shape index (κ3) is 6.32. The summed E-state index contributed by atoms with van der Waals surface area (Å²) in [6.45, 7) is 16.9. The number of likely N-dealkylation sites (tertiary alicyclic amines) is 1. The van der Waals surface area contributed by atoms with Crippen LogP contribution in [0.15, 0.2) is 25.3 Å². The first kappa shape index (κ1) is 32.6. The van der Waals surface area contributed by atoms with E-state index in [-0.39, 0.29) is 30.9 Å². The van der Waals surface area contributed by atoms with Gasteiger partial charge in [0.25, 0.3) is 0 Å². The SMILES string of the molecule is C=CCCCCOC(=O)[C@H]1[C@H]2C(=O)N(CCCCCO)C(C(=O)N(CC=C)CCN3CCOCC3)C23CC(C)[C@]1(C)O3. The topological polar surface area (TPSA) is 109 Å². The van der Waals surface area contributed by atoms with E-state index < -0.39 is 35.0 Å².